The average Bonchev–Trinajstić information content (AvgIpc) is 3.38. The largest absolute Gasteiger partial charge is 0.375 e. The number of nitrogens with two attached hydrogens (primary N) is 1. The monoisotopic (exact) mass is 442 g/mol. The standard InChI is InChI=1S/C23H26N2OS3/c24-15-22-11-12-23(28-22)27-20-9-4-10-21(14-20)29-25-13-5-8-19(25)17-26-16-18-6-2-1-3-7-18/h1-4,6-7,9-12,14,19H,5,8,13,15-17,24H2/t19-/m0/s1. The van der Waals surface area contributed by atoms with Gasteiger partial charge in [0.25, 0.3) is 0 Å². The van der Waals surface area contributed by atoms with Gasteiger partial charge in [-0.3, -0.25) is 0 Å². The van der Waals surface area contributed by atoms with Gasteiger partial charge in [-0.15, -0.1) is 11.3 Å². The lowest BCUT2D eigenvalue weighted by Crippen LogP contribution is -2.27. The maximum absolute atomic E-state index is 6.02. The third-order valence-corrected chi connectivity index (χ3v) is 8.24. The third kappa shape index (κ3) is 6.10. The Morgan fingerprint density at radius 1 is 1.03 bits per heavy atom. The van der Waals surface area contributed by atoms with Crippen LogP contribution in [0.2, 0.25) is 0 Å². The van der Waals surface area contributed by atoms with Crippen molar-refractivity contribution in [1.82, 2.24) is 4.31 Å². The van der Waals surface area contributed by atoms with E-state index >= 15 is 0 Å². The van der Waals surface area contributed by atoms with Gasteiger partial charge in [-0.05, 0) is 60.7 Å². The summed E-state index contributed by atoms with van der Waals surface area (Å²) in [5, 5.41) is 0. The number of hydrogen-bond acceptors (Lipinski definition) is 6. The van der Waals surface area contributed by atoms with E-state index in [0.717, 1.165) is 13.2 Å². The van der Waals surface area contributed by atoms with Gasteiger partial charge in [0, 0.05) is 33.8 Å². The number of thiophene rings is 1. The third-order valence-electron chi connectivity index (χ3n) is 4.83. The molecule has 1 aliphatic heterocycles. The van der Waals surface area contributed by atoms with Gasteiger partial charge in [0.1, 0.15) is 0 Å². The van der Waals surface area contributed by atoms with Crippen LogP contribution in [0.4, 0.5) is 0 Å². The molecule has 1 saturated heterocycles. The molecule has 0 amide bonds. The van der Waals surface area contributed by atoms with E-state index in [4.69, 9.17) is 10.5 Å². The lowest BCUT2D eigenvalue weighted by molar-refractivity contribution is 0.0894. The second-order valence-electron chi connectivity index (χ2n) is 7.03. The van der Waals surface area contributed by atoms with Crippen LogP contribution >= 0.6 is 35.0 Å². The summed E-state index contributed by atoms with van der Waals surface area (Å²) in [6.07, 6.45) is 2.44. The SMILES string of the molecule is NCc1ccc(Sc2cccc(SN3CCC[C@H]3COCc3ccccc3)c2)s1. The molecule has 0 bridgehead atoms. The van der Waals surface area contributed by atoms with Crippen LogP contribution in [0.5, 0.6) is 0 Å². The first kappa shape index (κ1) is 21.0. The Morgan fingerprint density at radius 2 is 1.90 bits per heavy atom. The number of ether oxygens (including phenoxy) is 1. The molecule has 1 aromatic heterocycles. The van der Waals surface area contributed by atoms with Crippen molar-refractivity contribution in [2.45, 2.75) is 46.0 Å². The fourth-order valence-electron chi connectivity index (χ4n) is 3.35. The van der Waals surface area contributed by atoms with Crippen LogP contribution in [0, 0.1) is 0 Å². The normalized spacial score (nSPS) is 17.1. The molecule has 0 saturated carbocycles. The van der Waals surface area contributed by atoms with Gasteiger partial charge in [-0.25, -0.2) is 4.31 Å². The molecule has 2 aromatic carbocycles. The molecular weight excluding hydrogens is 416 g/mol. The first-order chi connectivity index (χ1) is 14.3. The van der Waals surface area contributed by atoms with Crippen LogP contribution in [-0.2, 0) is 17.9 Å². The Kier molecular flexibility index (Phi) is 7.71. The highest BCUT2D eigenvalue weighted by molar-refractivity contribution is 8.01. The fraction of sp³-hybridized carbons (Fsp3) is 0.304. The smallest absolute Gasteiger partial charge is 0.0717 e. The molecule has 1 atom stereocenters. The number of benzene rings is 2. The highest BCUT2D eigenvalue weighted by Crippen LogP contribution is 2.37. The molecule has 3 nitrogen and oxygen atoms in total. The molecule has 1 aliphatic rings. The van der Waals surface area contributed by atoms with Crippen molar-refractivity contribution in [2.24, 2.45) is 5.73 Å². The van der Waals surface area contributed by atoms with Crippen molar-refractivity contribution in [3.63, 3.8) is 0 Å². The van der Waals surface area contributed by atoms with Crippen molar-refractivity contribution in [3.05, 3.63) is 77.2 Å². The topological polar surface area (TPSA) is 38.5 Å². The summed E-state index contributed by atoms with van der Waals surface area (Å²) in [6, 6.07) is 24.0. The minimum atomic E-state index is 0.476. The summed E-state index contributed by atoms with van der Waals surface area (Å²) in [4.78, 5) is 3.80. The van der Waals surface area contributed by atoms with E-state index in [1.807, 2.05) is 29.8 Å². The van der Waals surface area contributed by atoms with Gasteiger partial charge in [0.05, 0.1) is 17.4 Å². The predicted octanol–water partition coefficient (Wildman–Crippen LogP) is 6.05. The number of nitrogens with zero attached hydrogens (tertiary/aromatic N) is 1. The molecule has 4 rings (SSSR count). The van der Waals surface area contributed by atoms with Crippen LogP contribution in [0.3, 0.4) is 0 Å². The van der Waals surface area contributed by atoms with Crippen molar-refractivity contribution >= 4 is 35.0 Å². The first-order valence-electron chi connectivity index (χ1n) is 9.93. The summed E-state index contributed by atoms with van der Waals surface area (Å²) in [6.45, 7) is 3.21. The summed E-state index contributed by atoms with van der Waals surface area (Å²) >= 11 is 5.46. The van der Waals surface area contributed by atoms with E-state index in [1.54, 1.807) is 11.3 Å². The quantitative estimate of drug-likeness (QED) is 0.409. The zero-order valence-corrected chi connectivity index (χ0v) is 18.8. The minimum absolute atomic E-state index is 0.476. The Balaban J connectivity index is 1.31. The van der Waals surface area contributed by atoms with E-state index < -0.39 is 0 Å². The molecule has 152 valence electrons. The van der Waals surface area contributed by atoms with Gasteiger partial charge in [-0.1, -0.05) is 48.2 Å². The fourth-order valence-corrected chi connectivity index (χ4v) is 6.64. The zero-order valence-electron chi connectivity index (χ0n) is 16.3. The predicted molar refractivity (Wildman–Crippen MR) is 124 cm³/mol. The average molecular weight is 443 g/mol. The second kappa shape index (κ2) is 10.7. The molecule has 2 heterocycles. The molecule has 2 N–H and O–H groups in total. The summed E-state index contributed by atoms with van der Waals surface area (Å²) in [5.41, 5.74) is 6.97. The highest BCUT2D eigenvalue weighted by Gasteiger charge is 2.25. The maximum atomic E-state index is 6.02. The first-order valence-corrected chi connectivity index (χ1v) is 12.3. The minimum Gasteiger partial charge on any atom is -0.375 e. The molecule has 1 fully saturated rings. The molecule has 0 spiro atoms. The number of hydrogen-bond donors (Lipinski definition) is 1. The molecule has 3 aromatic rings. The van der Waals surface area contributed by atoms with E-state index in [1.165, 1.54) is 37.3 Å². The molecule has 0 unspecified atom stereocenters. The number of rotatable bonds is 9. The zero-order chi connectivity index (χ0) is 19.9. The van der Waals surface area contributed by atoms with Gasteiger partial charge < -0.3 is 10.5 Å². The van der Waals surface area contributed by atoms with Crippen LogP contribution in [0.25, 0.3) is 0 Å². The van der Waals surface area contributed by atoms with Crippen LogP contribution in [-0.4, -0.2) is 23.5 Å². The molecule has 0 aliphatic carbocycles. The maximum Gasteiger partial charge on any atom is 0.0717 e. The van der Waals surface area contributed by atoms with E-state index in [0.29, 0.717) is 19.2 Å². The van der Waals surface area contributed by atoms with E-state index in [-0.39, 0.29) is 0 Å². The second-order valence-corrected chi connectivity index (χ2v) is 10.7. The van der Waals surface area contributed by atoms with Crippen molar-refractivity contribution in [3.8, 4) is 0 Å². The molecule has 29 heavy (non-hydrogen) atoms. The van der Waals surface area contributed by atoms with Gasteiger partial charge in [0.15, 0.2) is 0 Å². The van der Waals surface area contributed by atoms with E-state index in [2.05, 4.69) is 65.0 Å². The lowest BCUT2D eigenvalue weighted by atomic mass is 10.2. The highest BCUT2D eigenvalue weighted by atomic mass is 32.2. The van der Waals surface area contributed by atoms with Crippen LogP contribution in [0.15, 0.2) is 80.7 Å². The Morgan fingerprint density at radius 3 is 2.72 bits per heavy atom. The molecular formula is C23H26N2OS3. The van der Waals surface area contributed by atoms with Crippen LogP contribution < -0.4 is 5.73 Å². The van der Waals surface area contributed by atoms with Crippen molar-refractivity contribution in [2.75, 3.05) is 13.2 Å². The lowest BCUT2D eigenvalue weighted by Gasteiger charge is -2.23. The Hall–Kier alpha value is -1.28. The Bertz CT molecular complexity index is 900. The summed E-state index contributed by atoms with van der Waals surface area (Å²) < 4.78 is 9.80. The van der Waals surface area contributed by atoms with Gasteiger partial charge in [0.2, 0.25) is 0 Å². The molecule has 6 heteroatoms. The van der Waals surface area contributed by atoms with Gasteiger partial charge >= 0.3 is 0 Å². The van der Waals surface area contributed by atoms with E-state index in [9.17, 15) is 0 Å². The molecule has 0 radical (unpaired) electrons. The van der Waals surface area contributed by atoms with Crippen molar-refractivity contribution in [1.29, 1.82) is 0 Å². The summed E-state index contributed by atoms with van der Waals surface area (Å²) in [7, 11) is 0. The van der Waals surface area contributed by atoms with Crippen LogP contribution in [0.1, 0.15) is 23.3 Å². The van der Waals surface area contributed by atoms with Gasteiger partial charge in [-0.2, -0.15) is 0 Å². The summed E-state index contributed by atoms with van der Waals surface area (Å²) in [5.74, 6) is 0. The van der Waals surface area contributed by atoms with Crippen molar-refractivity contribution < 1.29 is 4.74 Å². The Labute approximate surface area is 185 Å².